The maximum atomic E-state index is 11.8. The molecule has 17 heavy (non-hydrogen) atoms. The van der Waals surface area contributed by atoms with Crippen LogP contribution in [0.25, 0.3) is 0 Å². The van der Waals surface area contributed by atoms with Crippen LogP contribution in [0.5, 0.6) is 0 Å². The molecule has 2 N–H and O–H groups in total. The van der Waals surface area contributed by atoms with E-state index >= 15 is 0 Å². The highest BCUT2D eigenvalue weighted by Gasteiger charge is 2.33. The third kappa shape index (κ3) is 2.77. The maximum absolute atomic E-state index is 11.8. The molecule has 94 valence electrons. The van der Waals surface area contributed by atoms with Gasteiger partial charge in [-0.1, -0.05) is 0 Å². The molecule has 1 amide bonds. The van der Waals surface area contributed by atoms with E-state index in [4.69, 9.17) is 4.74 Å². The van der Waals surface area contributed by atoms with Gasteiger partial charge in [-0.05, 0) is 5.21 Å². The zero-order valence-electron chi connectivity index (χ0n) is 9.59. The summed E-state index contributed by atoms with van der Waals surface area (Å²) in [7, 11) is 1.60. The van der Waals surface area contributed by atoms with Gasteiger partial charge in [0.1, 0.15) is 0 Å². The molecule has 0 saturated carbocycles. The minimum Gasteiger partial charge on any atom is -0.388 e. The van der Waals surface area contributed by atoms with E-state index in [1.54, 1.807) is 7.05 Å². The quantitative estimate of drug-likeness (QED) is 0.689. The van der Waals surface area contributed by atoms with Crippen molar-refractivity contribution in [2.75, 3.05) is 26.8 Å². The Hall–Kier alpha value is -1.54. The predicted octanol–water partition coefficient (Wildman–Crippen LogP) is -1.19. The number of rotatable bonds is 3. The minimum absolute atomic E-state index is 0.00293. The number of amides is 1. The standard InChI is InChI=1S/C9H15N5O3/c1-14(8(15)7-10-12-13-11-7)6-9(16)2-4-17-5-3-9/h16H,2-6H2,1H3,(H,10,11,12,13). The van der Waals surface area contributed by atoms with Gasteiger partial charge in [0.15, 0.2) is 0 Å². The Bertz CT molecular complexity index is 374. The van der Waals surface area contributed by atoms with Crippen LogP contribution in [0.3, 0.4) is 0 Å². The predicted molar refractivity (Wildman–Crippen MR) is 56.1 cm³/mol. The summed E-state index contributed by atoms with van der Waals surface area (Å²) in [6.07, 6.45) is 1.05. The first-order chi connectivity index (χ1) is 8.11. The van der Waals surface area contributed by atoms with E-state index in [2.05, 4.69) is 20.6 Å². The van der Waals surface area contributed by atoms with Crippen LogP contribution in [0.15, 0.2) is 0 Å². The van der Waals surface area contributed by atoms with Crippen LogP contribution >= 0.6 is 0 Å². The molecule has 1 aliphatic heterocycles. The zero-order valence-corrected chi connectivity index (χ0v) is 9.59. The lowest BCUT2D eigenvalue weighted by molar-refractivity contribution is -0.0735. The Labute approximate surface area is 97.9 Å². The summed E-state index contributed by atoms with van der Waals surface area (Å²) in [5.74, 6) is -0.359. The fourth-order valence-corrected chi connectivity index (χ4v) is 1.85. The fraction of sp³-hybridized carbons (Fsp3) is 0.778. The number of likely N-dealkylation sites (N-methyl/N-ethyl adjacent to an activating group) is 1. The van der Waals surface area contributed by atoms with Crippen molar-refractivity contribution in [3.63, 3.8) is 0 Å². The van der Waals surface area contributed by atoms with Gasteiger partial charge in [-0.25, -0.2) is 0 Å². The number of hydrogen-bond donors (Lipinski definition) is 2. The van der Waals surface area contributed by atoms with E-state index in [1.807, 2.05) is 0 Å². The number of nitrogens with zero attached hydrogens (tertiary/aromatic N) is 4. The van der Waals surface area contributed by atoms with Crippen molar-refractivity contribution in [3.05, 3.63) is 5.82 Å². The molecule has 0 bridgehead atoms. The molecule has 0 radical (unpaired) electrons. The van der Waals surface area contributed by atoms with Gasteiger partial charge in [-0.15, -0.1) is 10.2 Å². The molecule has 8 heteroatoms. The van der Waals surface area contributed by atoms with Crippen LogP contribution in [0.1, 0.15) is 23.5 Å². The van der Waals surface area contributed by atoms with Gasteiger partial charge in [0.05, 0.1) is 5.60 Å². The summed E-state index contributed by atoms with van der Waals surface area (Å²) in [6.45, 7) is 1.27. The van der Waals surface area contributed by atoms with E-state index in [-0.39, 0.29) is 18.3 Å². The normalized spacial score (nSPS) is 18.9. The number of hydrogen-bond acceptors (Lipinski definition) is 6. The second-order valence-corrected chi connectivity index (χ2v) is 4.23. The number of aromatic amines is 1. The molecule has 0 aromatic carbocycles. The van der Waals surface area contributed by atoms with Gasteiger partial charge < -0.3 is 14.7 Å². The number of carbonyl (C=O) groups is 1. The fourth-order valence-electron chi connectivity index (χ4n) is 1.85. The first kappa shape index (κ1) is 11.9. The monoisotopic (exact) mass is 241 g/mol. The second-order valence-electron chi connectivity index (χ2n) is 4.23. The lowest BCUT2D eigenvalue weighted by atomic mass is 9.94. The molecule has 1 aliphatic rings. The molecular weight excluding hydrogens is 226 g/mol. The zero-order chi connectivity index (χ0) is 12.3. The number of tetrazole rings is 1. The van der Waals surface area contributed by atoms with Crippen molar-refractivity contribution in [1.82, 2.24) is 25.5 Å². The van der Waals surface area contributed by atoms with Crippen molar-refractivity contribution in [2.45, 2.75) is 18.4 Å². The first-order valence-electron chi connectivity index (χ1n) is 5.40. The Balaban J connectivity index is 1.96. The molecular formula is C9H15N5O3. The second kappa shape index (κ2) is 4.76. The number of H-pyrrole nitrogens is 1. The highest BCUT2D eigenvalue weighted by Crippen LogP contribution is 2.21. The molecule has 1 aromatic rings. The molecule has 0 unspecified atom stereocenters. The van der Waals surface area contributed by atoms with Gasteiger partial charge in [0, 0.05) is 39.6 Å². The number of aromatic nitrogens is 4. The number of aliphatic hydroxyl groups is 1. The summed E-state index contributed by atoms with van der Waals surface area (Å²) < 4.78 is 5.18. The Morgan fingerprint density at radius 1 is 1.59 bits per heavy atom. The lowest BCUT2D eigenvalue weighted by Gasteiger charge is -2.35. The first-order valence-corrected chi connectivity index (χ1v) is 5.40. The highest BCUT2D eigenvalue weighted by atomic mass is 16.5. The highest BCUT2D eigenvalue weighted by molar-refractivity contribution is 5.89. The van der Waals surface area contributed by atoms with Crippen molar-refractivity contribution in [1.29, 1.82) is 0 Å². The Kier molecular flexibility index (Phi) is 3.34. The topological polar surface area (TPSA) is 104 Å². The Morgan fingerprint density at radius 2 is 2.29 bits per heavy atom. The summed E-state index contributed by atoms with van der Waals surface area (Å²) in [4.78, 5) is 13.2. The van der Waals surface area contributed by atoms with Gasteiger partial charge in [0.2, 0.25) is 0 Å². The van der Waals surface area contributed by atoms with Crippen molar-refractivity contribution >= 4 is 5.91 Å². The molecule has 2 heterocycles. The molecule has 1 saturated heterocycles. The summed E-state index contributed by atoms with van der Waals surface area (Å²) in [6, 6.07) is 0. The van der Waals surface area contributed by atoms with Crippen molar-refractivity contribution < 1.29 is 14.6 Å². The molecule has 0 atom stereocenters. The van der Waals surface area contributed by atoms with Crippen LogP contribution in [0, 0.1) is 0 Å². The smallest absolute Gasteiger partial charge is 0.295 e. The van der Waals surface area contributed by atoms with Gasteiger partial charge in [0.25, 0.3) is 11.7 Å². The average Bonchev–Trinajstić information content (AvgIpc) is 2.81. The van der Waals surface area contributed by atoms with E-state index in [0.717, 1.165) is 0 Å². The number of carbonyl (C=O) groups excluding carboxylic acids is 1. The van der Waals surface area contributed by atoms with Crippen LogP contribution in [-0.2, 0) is 4.74 Å². The van der Waals surface area contributed by atoms with Gasteiger partial charge >= 0.3 is 0 Å². The number of ether oxygens (including phenoxy) is 1. The van der Waals surface area contributed by atoms with Crippen molar-refractivity contribution in [3.8, 4) is 0 Å². The Morgan fingerprint density at radius 3 is 2.88 bits per heavy atom. The van der Waals surface area contributed by atoms with E-state index < -0.39 is 5.60 Å². The maximum Gasteiger partial charge on any atom is 0.295 e. The van der Waals surface area contributed by atoms with Crippen LogP contribution in [0.2, 0.25) is 0 Å². The van der Waals surface area contributed by atoms with Crippen LogP contribution in [0.4, 0.5) is 0 Å². The SMILES string of the molecule is CN(CC1(O)CCOCC1)C(=O)c1nn[nH]n1. The summed E-state index contributed by atoms with van der Waals surface area (Å²) in [5.41, 5.74) is -0.883. The molecule has 1 fully saturated rings. The molecule has 8 nitrogen and oxygen atoms in total. The van der Waals surface area contributed by atoms with E-state index in [0.29, 0.717) is 26.1 Å². The average molecular weight is 241 g/mol. The molecule has 0 aliphatic carbocycles. The van der Waals surface area contributed by atoms with Crippen LogP contribution in [-0.4, -0.2) is 68.9 Å². The van der Waals surface area contributed by atoms with Crippen LogP contribution < -0.4 is 0 Å². The third-order valence-corrected chi connectivity index (χ3v) is 2.84. The summed E-state index contributed by atoms with van der Waals surface area (Å²) >= 11 is 0. The third-order valence-electron chi connectivity index (χ3n) is 2.84. The number of nitrogens with one attached hydrogen (secondary N) is 1. The molecule has 0 spiro atoms. The van der Waals surface area contributed by atoms with Crippen molar-refractivity contribution in [2.24, 2.45) is 0 Å². The van der Waals surface area contributed by atoms with Gasteiger partial charge in [-0.2, -0.15) is 5.21 Å². The van der Waals surface area contributed by atoms with Gasteiger partial charge in [-0.3, -0.25) is 4.79 Å². The largest absolute Gasteiger partial charge is 0.388 e. The van der Waals surface area contributed by atoms with E-state index in [1.165, 1.54) is 4.90 Å². The van der Waals surface area contributed by atoms with E-state index in [9.17, 15) is 9.90 Å². The molecule has 1 aromatic heterocycles. The molecule has 2 rings (SSSR count). The minimum atomic E-state index is -0.883. The summed E-state index contributed by atoms with van der Waals surface area (Å²) in [5, 5.41) is 23.0. The lowest BCUT2D eigenvalue weighted by Crippen LogP contribution is -2.47.